The van der Waals surface area contributed by atoms with E-state index >= 15 is 0 Å². The van der Waals surface area contributed by atoms with E-state index in [0.717, 1.165) is 26.1 Å². The second-order valence-corrected chi connectivity index (χ2v) is 8.06. The highest BCUT2D eigenvalue weighted by Crippen LogP contribution is 2.28. The fraction of sp³-hybridized carbons (Fsp3) is 0.182. The van der Waals surface area contributed by atoms with Crippen molar-refractivity contribution < 1.29 is 9.84 Å². The summed E-state index contributed by atoms with van der Waals surface area (Å²) in [7, 11) is 0. The molecule has 0 saturated heterocycles. The Bertz CT molecular complexity index is 1120. The summed E-state index contributed by atoms with van der Waals surface area (Å²) in [6.45, 7) is 8.83. The number of nitrogens with zero attached hydrogens (tertiary/aromatic N) is 3. The third kappa shape index (κ3) is 5.25. The van der Waals surface area contributed by atoms with E-state index in [-0.39, 0.29) is 5.75 Å². The van der Waals surface area contributed by atoms with Crippen LogP contribution in [0, 0.1) is 0 Å². The molecule has 2 aromatic carbocycles. The number of rotatable bonds is 7. The van der Waals surface area contributed by atoms with Crippen LogP contribution in [0.15, 0.2) is 74.6 Å². The number of phenols is 1. The van der Waals surface area contributed by atoms with E-state index in [1.807, 2.05) is 49.6 Å². The Hall–Kier alpha value is -2.64. The number of aromatic nitrogens is 1. The van der Waals surface area contributed by atoms with Crippen LogP contribution in [0.5, 0.6) is 11.5 Å². The maximum absolute atomic E-state index is 10.3. The molecule has 5 nitrogen and oxygen atoms in total. The van der Waals surface area contributed by atoms with Crippen LogP contribution < -0.4 is 9.54 Å². The molecule has 0 aliphatic rings. The highest BCUT2D eigenvalue weighted by atomic mass is 79.9. The van der Waals surface area contributed by atoms with Gasteiger partial charge in [0.2, 0.25) is 4.80 Å². The molecule has 3 rings (SSSR count). The van der Waals surface area contributed by atoms with Crippen LogP contribution in [0.4, 0.5) is 0 Å². The summed E-state index contributed by atoms with van der Waals surface area (Å²) >= 11 is 5.12. The number of aromatic hydroxyl groups is 1. The highest BCUT2D eigenvalue weighted by Gasteiger charge is 2.10. The van der Waals surface area contributed by atoms with E-state index < -0.39 is 0 Å². The number of thiazole rings is 1. The van der Waals surface area contributed by atoms with E-state index in [4.69, 9.17) is 4.74 Å². The van der Waals surface area contributed by atoms with E-state index in [9.17, 15) is 5.11 Å². The molecule has 0 aliphatic carbocycles. The van der Waals surface area contributed by atoms with Crippen molar-refractivity contribution in [2.45, 2.75) is 13.8 Å². The van der Waals surface area contributed by atoms with Gasteiger partial charge in [-0.15, -0.1) is 11.3 Å². The molecule has 7 heteroatoms. The Morgan fingerprint density at radius 3 is 2.79 bits per heavy atom. The van der Waals surface area contributed by atoms with Crippen molar-refractivity contribution in [3.63, 3.8) is 0 Å². The zero-order valence-electron chi connectivity index (χ0n) is 16.3. The van der Waals surface area contributed by atoms with Crippen LogP contribution in [0.1, 0.15) is 19.4 Å². The first-order valence-electron chi connectivity index (χ1n) is 9.10. The van der Waals surface area contributed by atoms with Crippen LogP contribution in [-0.4, -0.2) is 29.1 Å². The third-order valence-corrected chi connectivity index (χ3v) is 5.49. The quantitative estimate of drug-likeness (QED) is 0.368. The molecule has 0 amide bonds. The zero-order valence-corrected chi connectivity index (χ0v) is 18.7. The molecule has 0 unspecified atom stereocenters. The fourth-order valence-electron chi connectivity index (χ4n) is 2.59. The molecule has 0 atom stereocenters. The summed E-state index contributed by atoms with van der Waals surface area (Å²) in [4.78, 5) is 5.38. The highest BCUT2D eigenvalue weighted by molar-refractivity contribution is 9.10. The summed E-state index contributed by atoms with van der Waals surface area (Å²) in [5.41, 5.74) is 3.48. The van der Waals surface area contributed by atoms with Crippen LogP contribution in [0.3, 0.4) is 0 Å². The first-order chi connectivity index (χ1) is 14.0. The molecule has 0 spiro atoms. The summed E-state index contributed by atoms with van der Waals surface area (Å²) in [6.07, 6.45) is 1.62. The minimum absolute atomic E-state index is 0.110. The molecule has 0 bridgehead atoms. The van der Waals surface area contributed by atoms with Crippen LogP contribution in [0.2, 0.25) is 0 Å². The van der Waals surface area contributed by atoms with Crippen molar-refractivity contribution >= 4 is 33.5 Å². The summed E-state index contributed by atoms with van der Waals surface area (Å²) in [5.74, 6) is 0.731. The van der Waals surface area contributed by atoms with Gasteiger partial charge in [-0.2, -0.15) is 5.10 Å². The predicted molar refractivity (Wildman–Crippen MR) is 123 cm³/mol. The van der Waals surface area contributed by atoms with Crippen molar-refractivity contribution in [3.05, 3.63) is 74.8 Å². The zero-order chi connectivity index (χ0) is 20.8. The topological polar surface area (TPSA) is 59.1 Å². The number of benzene rings is 2. The average molecular weight is 472 g/mol. The van der Waals surface area contributed by atoms with E-state index in [1.165, 1.54) is 11.3 Å². The summed E-state index contributed by atoms with van der Waals surface area (Å²) < 4.78 is 8.17. The largest absolute Gasteiger partial charge is 0.507 e. The minimum atomic E-state index is 0.110. The molecule has 150 valence electrons. The molecule has 0 aliphatic heterocycles. The van der Waals surface area contributed by atoms with Crippen molar-refractivity contribution in [2.24, 2.45) is 10.1 Å². The Kier molecular flexibility index (Phi) is 7.06. The number of halogens is 1. The Morgan fingerprint density at radius 1 is 1.31 bits per heavy atom. The van der Waals surface area contributed by atoms with Gasteiger partial charge in [0.05, 0.1) is 25.1 Å². The van der Waals surface area contributed by atoms with Gasteiger partial charge in [0.25, 0.3) is 0 Å². The number of hydrogen-bond acceptors (Lipinski definition) is 5. The maximum atomic E-state index is 10.3. The molecule has 29 heavy (non-hydrogen) atoms. The first-order valence-corrected chi connectivity index (χ1v) is 10.8. The molecular weight excluding hydrogens is 450 g/mol. The molecule has 0 radical (unpaired) electrons. The predicted octanol–water partition coefficient (Wildman–Crippen LogP) is 5.44. The molecule has 0 fully saturated rings. The lowest BCUT2D eigenvalue weighted by Crippen LogP contribution is -2.13. The van der Waals surface area contributed by atoms with Gasteiger partial charge < -0.3 is 9.84 Å². The Labute approximate surface area is 182 Å². The van der Waals surface area contributed by atoms with Gasteiger partial charge in [0.1, 0.15) is 11.5 Å². The third-order valence-electron chi connectivity index (χ3n) is 3.94. The Morgan fingerprint density at radius 2 is 2.10 bits per heavy atom. The first kappa shape index (κ1) is 21.1. The van der Waals surface area contributed by atoms with Crippen molar-refractivity contribution in [3.8, 4) is 22.8 Å². The van der Waals surface area contributed by atoms with Gasteiger partial charge in [0.15, 0.2) is 0 Å². The summed E-state index contributed by atoms with van der Waals surface area (Å²) in [6, 6.07) is 13.1. The van der Waals surface area contributed by atoms with Crippen molar-refractivity contribution in [1.29, 1.82) is 0 Å². The number of hydrogen-bond donors (Lipinski definition) is 1. The molecule has 1 aromatic heterocycles. The van der Waals surface area contributed by atoms with Gasteiger partial charge in [-0.3, -0.25) is 4.99 Å². The Balaban J connectivity index is 2.06. The smallest absolute Gasteiger partial charge is 0.206 e. The van der Waals surface area contributed by atoms with Crippen LogP contribution in [0.25, 0.3) is 11.3 Å². The molecular formula is C22H22BrN3O2S. The SMILES string of the molecule is C=C(C)CN=c1scc(-c2ccccc2Br)n1N=Cc1ccc(OCC)cc1O. The van der Waals surface area contributed by atoms with Crippen LogP contribution >= 0.6 is 27.3 Å². The lowest BCUT2D eigenvalue weighted by Gasteiger charge is -2.07. The monoisotopic (exact) mass is 471 g/mol. The molecule has 0 saturated carbocycles. The number of ether oxygens (including phenoxy) is 1. The van der Waals surface area contributed by atoms with Crippen molar-refractivity contribution in [2.75, 3.05) is 13.2 Å². The standard InChI is InChI=1S/C22H22BrN3O2S/c1-4-28-17-10-9-16(21(27)11-17)13-25-26-20(18-7-5-6-8-19(18)23)14-29-22(26)24-12-15(2)3/h5-11,13-14,27H,2,4,12H2,1,3H3. The lowest BCUT2D eigenvalue weighted by atomic mass is 10.2. The van der Waals surface area contributed by atoms with Crippen molar-refractivity contribution in [1.82, 2.24) is 4.68 Å². The second kappa shape index (κ2) is 9.71. The van der Waals surface area contributed by atoms with Gasteiger partial charge in [-0.1, -0.05) is 46.3 Å². The maximum Gasteiger partial charge on any atom is 0.206 e. The molecule has 1 N–H and O–H groups in total. The fourth-order valence-corrected chi connectivity index (χ4v) is 3.90. The lowest BCUT2D eigenvalue weighted by molar-refractivity contribution is 0.337. The van der Waals surface area contributed by atoms with E-state index in [2.05, 4.69) is 32.6 Å². The molecule has 3 aromatic rings. The molecule has 1 heterocycles. The average Bonchev–Trinajstić information content (AvgIpc) is 3.09. The van der Waals surface area contributed by atoms with E-state index in [0.29, 0.717) is 24.5 Å². The van der Waals surface area contributed by atoms with E-state index in [1.54, 1.807) is 23.0 Å². The summed E-state index contributed by atoms with van der Waals surface area (Å²) in [5, 5.41) is 16.9. The van der Waals surface area contributed by atoms with Gasteiger partial charge in [0, 0.05) is 27.0 Å². The van der Waals surface area contributed by atoms with Gasteiger partial charge >= 0.3 is 0 Å². The number of phenolic OH excluding ortho intramolecular Hbond substituents is 1. The van der Waals surface area contributed by atoms with Gasteiger partial charge in [-0.25, -0.2) is 4.68 Å². The van der Waals surface area contributed by atoms with Crippen LogP contribution in [-0.2, 0) is 0 Å². The second-order valence-electron chi connectivity index (χ2n) is 6.37. The minimum Gasteiger partial charge on any atom is -0.507 e. The normalized spacial score (nSPS) is 11.9. The van der Waals surface area contributed by atoms with Gasteiger partial charge in [-0.05, 0) is 32.0 Å².